The third-order valence-electron chi connectivity index (χ3n) is 1.65. The molecule has 0 spiro atoms. The molecule has 2 aromatic rings. The Balaban J connectivity index is 2.58. The minimum atomic E-state index is 0.186. The summed E-state index contributed by atoms with van der Waals surface area (Å²) in [5.74, 6) is 0.648. The molecule has 0 unspecified atom stereocenters. The van der Waals surface area contributed by atoms with E-state index in [1.165, 1.54) is 11.3 Å². The average Bonchev–Trinajstić information content (AvgIpc) is 2.70. The molecule has 14 heavy (non-hydrogen) atoms. The maximum Gasteiger partial charge on any atom is 0.222 e. The van der Waals surface area contributed by atoms with Crippen molar-refractivity contribution in [2.24, 2.45) is 4.99 Å². The summed E-state index contributed by atoms with van der Waals surface area (Å²) in [7, 11) is 0. The summed E-state index contributed by atoms with van der Waals surface area (Å²) in [6, 6.07) is 0. The predicted octanol–water partition coefficient (Wildman–Crippen LogP) is 1.51. The molecule has 70 valence electrons. The lowest BCUT2D eigenvalue weighted by molar-refractivity contribution is 1.17. The summed E-state index contributed by atoms with van der Waals surface area (Å²) in [6.45, 7) is 3.42. The van der Waals surface area contributed by atoms with Crippen LogP contribution >= 0.6 is 11.3 Å². The lowest BCUT2D eigenvalue weighted by Crippen LogP contribution is -1.95. The van der Waals surface area contributed by atoms with Crippen LogP contribution in [0.1, 0.15) is 0 Å². The number of hydrogen-bond donors (Lipinski definition) is 1. The van der Waals surface area contributed by atoms with Crippen molar-refractivity contribution in [2.75, 3.05) is 5.73 Å². The first-order valence-electron chi connectivity index (χ1n) is 3.79. The average molecular weight is 205 g/mol. The Morgan fingerprint density at radius 3 is 2.93 bits per heavy atom. The van der Waals surface area contributed by atoms with E-state index < -0.39 is 0 Å². The second-order valence-electron chi connectivity index (χ2n) is 2.50. The number of hydrogen-bond acceptors (Lipinski definition) is 6. The fourth-order valence-corrected chi connectivity index (χ4v) is 1.58. The lowest BCUT2D eigenvalue weighted by atomic mass is 10.2. The van der Waals surface area contributed by atoms with Crippen LogP contribution in [-0.2, 0) is 0 Å². The van der Waals surface area contributed by atoms with Gasteiger partial charge in [0.05, 0.1) is 16.8 Å². The molecule has 0 radical (unpaired) electrons. The zero-order valence-electron chi connectivity index (χ0n) is 7.21. The number of rotatable bonds is 2. The summed E-state index contributed by atoms with van der Waals surface area (Å²) in [5.41, 5.74) is 8.70. The summed E-state index contributed by atoms with van der Waals surface area (Å²) in [6.07, 6.45) is 1.60. The topological polar surface area (TPSA) is 77.0 Å². The molecule has 5 nitrogen and oxygen atoms in total. The van der Waals surface area contributed by atoms with E-state index >= 15 is 0 Å². The Kier molecular flexibility index (Phi) is 2.19. The fraction of sp³-hybridized carbons (Fsp3) is 0. The van der Waals surface area contributed by atoms with Crippen molar-refractivity contribution in [1.29, 1.82) is 0 Å². The molecular formula is C8H7N5S. The van der Waals surface area contributed by atoms with E-state index in [0.717, 1.165) is 11.3 Å². The molecule has 2 rings (SSSR count). The number of aliphatic imine (C=N–C) groups is 1. The van der Waals surface area contributed by atoms with Gasteiger partial charge >= 0.3 is 0 Å². The van der Waals surface area contributed by atoms with E-state index in [0.29, 0.717) is 5.82 Å². The monoisotopic (exact) mass is 205 g/mol. The van der Waals surface area contributed by atoms with Gasteiger partial charge in [0.15, 0.2) is 5.82 Å². The van der Waals surface area contributed by atoms with Gasteiger partial charge in [0.25, 0.3) is 0 Å². The molecule has 0 aliphatic rings. The Morgan fingerprint density at radius 1 is 1.43 bits per heavy atom. The molecule has 2 heterocycles. The van der Waals surface area contributed by atoms with Crippen molar-refractivity contribution in [2.45, 2.75) is 0 Å². The molecule has 0 bridgehead atoms. The van der Waals surface area contributed by atoms with Crippen molar-refractivity contribution in [3.05, 3.63) is 17.1 Å². The van der Waals surface area contributed by atoms with Crippen LogP contribution in [0.25, 0.3) is 11.3 Å². The highest BCUT2D eigenvalue weighted by molar-refractivity contribution is 7.07. The minimum absolute atomic E-state index is 0.186. The van der Waals surface area contributed by atoms with Crippen LogP contribution in [0.15, 0.2) is 22.1 Å². The summed E-state index contributed by atoms with van der Waals surface area (Å²) in [5, 5.41) is 1.89. The van der Waals surface area contributed by atoms with Gasteiger partial charge in [-0.3, -0.25) is 0 Å². The van der Waals surface area contributed by atoms with Crippen LogP contribution in [-0.4, -0.2) is 21.7 Å². The zero-order valence-corrected chi connectivity index (χ0v) is 8.03. The fourth-order valence-electron chi connectivity index (χ4n) is 1.03. The molecule has 0 aliphatic heterocycles. The number of thiazole rings is 1. The third kappa shape index (κ3) is 1.47. The highest BCUT2D eigenvalue weighted by atomic mass is 32.1. The molecule has 0 aliphatic carbocycles. The highest BCUT2D eigenvalue weighted by Gasteiger charge is 2.07. The van der Waals surface area contributed by atoms with Crippen molar-refractivity contribution in [3.63, 3.8) is 0 Å². The van der Waals surface area contributed by atoms with Crippen LogP contribution < -0.4 is 5.73 Å². The van der Waals surface area contributed by atoms with Gasteiger partial charge in [0, 0.05) is 11.6 Å². The lowest BCUT2D eigenvalue weighted by Gasteiger charge is -2.00. The van der Waals surface area contributed by atoms with Gasteiger partial charge in [-0.1, -0.05) is 0 Å². The zero-order chi connectivity index (χ0) is 9.97. The Labute approximate surface area is 84.4 Å². The molecule has 0 amide bonds. The van der Waals surface area contributed by atoms with Gasteiger partial charge in [-0.15, -0.1) is 11.3 Å². The van der Waals surface area contributed by atoms with Gasteiger partial charge in [0.2, 0.25) is 5.95 Å². The van der Waals surface area contributed by atoms with Gasteiger partial charge < -0.3 is 5.73 Å². The van der Waals surface area contributed by atoms with E-state index in [1.807, 2.05) is 5.38 Å². The Morgan fingerprint density at radius 2 is 2.29 bits per heavy atom. The summed E-state index contributed by atoms with van der Waals surface area (Å²) < 4.78 is 0. The van der Waals surface area contributed by atoms with E-state index in [4.69, 9.17) is 5.73 Å². The summed E-state index contributed by atoms with van der Waals surface area (Å²) >= 11 is 1.50. The first-order valence-corrected chi connectivity index (χ1v) is 4.73. The molecule has 6 heteroatoms. The number of nitrogen functional groups attached to an aromatic ring is 1. The predicted molar refractivity (Wildman–Crippen MR) is 56.8 cm³/mol. The smallest absolute Gasteiger partial charge is 0.222 e. The first kappa shape index (κ1) is 8.76. The first-order chi connectivity index (χ1) is 6.81. The van der Waals surface area contributed by atoms with Crippen molar-refractivity contribution >= 4 is 29.8 Å². The van der Waals surface area contributed by atoms with Crippen molar-refractivity contribution in [3.8, 4) is 11.3 Å². The largest absolute Gasteiger partial charge is 0.368 e. The quantitative estimate of drug-likeness (QED) is 0.754. The number of nitrogens with two attached hydrogens (primary N) is 1. The number of nitrogens with zero attached hydrogens (tertiary/aromatic N) is 4. The maximum atomic E-state index is 5.43. The molecule has 0 aromatic carbocycles. The van der Waals surface area contributed by atoms with E-state index in [-0.39, 0.29) is 5.95 Å². The minimum Gasteiger partial charge on any atom is -0.368 e. The summed E-state index contributed by atoms with van der Waals surface area (Å²) in [4.78, 5) is 15.7. The van der Waals surface area contributed by atoms with Gasteiger partial charge in [-0.05, 0) is 6.72 Å². The standard InChI is InChI=1S/C8H7N5S/c1-10-7-5(2-11-8(9)13-7)6-3-14-4-12-6/h2-4H,1H2,(H2,9,11,13). The molecule has 2 N–H and O–H groups in total. The van der Waals surface area contributed by atoms with Crippen LogP contribution in [0.4, 0.5) is 11.8 Å². The van der Waals surface area contributed by atoms with E-state index in [2.05, 4.69) is 26.7 Å². The maximum absolute atomic E-state index is 5.43. The molecular weight excluding hydrogens is 198 g/mol. The van der Waals surface area contributed by atoms with Crippen LogP contribution in [0.5, 0.6) is 0 Å². The van der Waals surface area contributed by atoms with Gasteiger partial charge in [-0.2, -0.15) is 4.98 Å². The Hall–Kier alpha value is -1.82. The van der Waals surface area contributed by atoms with E-state index in [1.54, 1.807) is 11.7 Å². The van der Waals surface area contributed by atoms with Crippen LogP contribution in [0.3, 0.4) is 0 Å². The van der Waals surface area contributed by atoms with Gasteiger partial charge in [0.1, 0.15) is 0 Å². The highest BCUT2D eigenvalue weighted by Crippen LogP contribution is 2.27. The van der Waals surface area contributed by atoms with Crippen LogP contribution in [0, 0.1) is 0 Å². The Bertz CT molecular complexity index is 451. The normalized spacial score (nSPS) is 10.0. The second-order valence-corrected chi connectivity index (χ2v) is 3.22. The van der Waals surface area contributed by atoms with E-state index in [9.17, 15) is 0 Å². The molecule has 0 saturated heterocycles. The number of aromatic nitrogens is 3. The molecule has 0 saturated carbocycles. The van der Waals surface area contributed by atoms with Crippen molar-refractivity contribution in [1.82, 2.24) is 15.0 Å². The second kappa shape index (κ2) is 3.51. The SMILES string of the molecule is C=Nc1nc(N)ncc1-c1cscn1. The van der Waals surface area contributed by atoms with Gasteiger partial charge in [-0.25, -0.2) is 15.0 Å². The molecule has 0 atom stereocenters. The third-order valence-corrected chi connectivity index (χ3v) is 2.23. The van der Waals surface area contributed by atoms with Crippen LogP contribution in [0.2, 0.25) is 0 Å². The number of anilines is 1. The van der Waals surface area contributed by atoms with Crippen molar-refractivity contribution < 1.29 is 0 Å². The molecule has 0 fully saturated rings. The molecule has 2 aromatic heterocycles.